The van der Waals surface area contributed by atoms with Crippen LogP contribution in [-0.4, -0.2) is 38.4 Å². The van der Waals surface area contributed by atoms with Crippen LogP contribution in [0.15, 0.2) is 66.3 Å². The Morgan fingerprint density at radius 3 is 2.59 bits per heavy atom. The van der Waals surface area contributed by atoms with E-state index in [1.165, 1.54) is 10.9 Å². The maximum absolute atomic E-state index is 12.7. The molecule has 0 unspecified atom stereocenters. The van der Waals surface area contributed by atoms with Gasteiger partial charge in [0.05, 0.1) is 17.2 Å². The Morgan fingerprint density at radius 1 is 1.17 bits per heavy atom. The Morgan fingerprint density at radius 2 is 1.86 bits per heavy atom. The number of carbonyl (C=O) groups is 1. The number of phenolic OH excluding ortho intramolecular Hbond substituents is 1. The molecule has 0 aliphatic heterocycles. The molecule has 0 radical (unpaired) electrons. The lowest BCUT2D eigenvalue weighted by Crippen LogP contribution is -2.24. The van der Waals surface area contributed by atoms with Crippen LogP contribution in [0.3, 0.4) is 0 Å². The molecule has 4 aromatic rings. The monoisotopic (exact) mass is 386 g/mol. The summed E-state index contributed by atoms with van der Waals surface area (Å²) < 4.78 is 1.35. The summed E-state index contributed by atoms with van der Waals surface area (Å²) in [5.74, 6) is -0.219. The van der Waals surface area contributed by atoms with Crippen molar-refractivity contribution in [1.29, 1.82) is 0 Å². The summed E-state index contributed by atoms with van der Waals surface area (Å²) in [5.41, 5.74) is 8.94. The van der Waals surface area contributed by atoms with Gasteiger partial charge >= 0.3 is 0 Å². The maximum Gasteiger partial charge on any atom is 0.257 e. The first kappa shape index (κ1) is 18.2. The summed E-state index contributed by atoms with van der Waals surface area (Å²) in [7, 11) is 0. The number of aromatic hydroxyl groups is 1. The van der Waals surface area contributed by atoms with Crippen molar-refractivity contribution in [3.05, 3.63) is 72.3 Å². The molecule has 0 spiro atoms. The van der Waals surface area contributed by atoms with E-state index in [2.05, 4.69) is 27.0 Å². The summed E-state index contributed by atoms with van der Waals surface area (Å²) in [5, 5.41) is 17.0. The number of nitrogen functional groups attached to an aromatic ring is 1. The predicted molar refractivity (Wildman–Crippen MR) is 113 cm³/mol. The standard InChI is InChI=1S/C21H18N6O2/c1-2-11-23-21(29)17-18-20(26-15-9-5-4-8-14(15)25-18)27(19(17)22)24-12-13-7-3-6-10-16(13)28/h2-10,12,28H,1,11,22H2,(H,23,29)/b24-12-. The zero-order chi connectivity index (χ0) is 20.4. The van der Waals surface area contributed by atoms with Crippen LogP contribution >= 0.6 is 0 Å². The molecule has 1 amide bonds. The molecule has 8 nitrogen and oxygen atoms in total. The number of hydrogen-bond acceptors (Lipinski definition) is 6. The zero-order valence-corrected chi connectivity index (χ0v) is 15.4. The normalized spacial score (nSPS) is 11.3. The van der Waals surface area contributed by atoms with Gasteiger partial charge in [-0.1, -0.05) is 30.3 Å². The lowest BCUT2D eigenvalue weighted by atomic mass is 10.2. The van der Waals surface area contributed by atoms with Crippen molar-refractivity contribution in [1.82, 2.24) is 20.0 Å². The quantitative estimate of drug-likeness (QED) is 0.360. The van der Waals surface area contributed by atoms with Crippen LogP contribution in [0.25, 0.3) is 22.2 Å². The second-order valence-corrected chi connectivity index (χ2v) is 6.26. The highest BCUT2D eigenvalue weighted by molar-refractivity contribution is 6.10. The van der Waals surface area contributed by atoms with Gasteiger partial charge in [0.1, 0.15) is 22.6 Å². The number of fused-ring (bicyclic) bond motifs is 2. The van der Waals surface area contributed by atoms with Gasteiger partial charge in [-0.15, -0.1) is 6.58 Å². The number of benzene rings is 2. The van der Waals surface area contributed by atoms with Crippen LogP contribution in [0, 0.1) is 0 Å². The number of carbonyl (C=O) groups excluding carboxylic acids is 1. The van der Waals surface area contributed by atoms with Gasteiger partial charge in [0.15, 0.2) is 5.65 Å². The number of para-hydroxylation sites is 3. The molecule has 2 aromatic carbocycles. The van der Waals surface area contributed by atoms with E-state index in [-0.39, 0.29) is 23.7 Å². The SMILES string of the molecule is C=CCNC(=O)c1c(N)n(/N=C\c2ccccc2O)c2nc3ccccc3nc12. The summed E-state index contributed by atoms with van der Waals surface area (Å²) in [6.07, 6.45) is 3.03. The fourth-order valence-electron chi connectivity index (χ4n) is 2.96. The van der Waals surface area contributed by atoms with Crippen molar-refractivity contribution >= 4 is 40.1 Å². The van der Waals surface area contributed by atoms with Crippen molar-refractivity contribution in [2.45, 2.75) is 0 Å². The average Bonchev–Trinajstić information content (AvgIpc) is 3.00. The number of nitrogens with zero attached hydrogens (tertiary/aromatic N) is 4. The van der Waals surface area contributed by atoms with E-state index >= 15 is 0 Å². The minimum absolute atomic E-state index is 0.0757. The maximum atomic E-state index is 12.7. The molecule has 0 saturated carbocycles. The highest BCUT2D eigenvalue weighted by Crippen LogP contribution is 2.28. The Labute approximate surface area is 166 Å². The molecule has 8 heteroatoms. The number of anilines is 1. The lowest BCUT2D eigenvalue weighted by Gasteiger charge is -2.03. The zero-order valence-electron chi connectivity index (χ0n) is 15.4. The molecule has 144 valence electrons. The van der Waals surface area contributed by atoms with Gasteiger partial charge in [0.2, 0.25) is 0 Å². The van der Waals surface area contributed by atoms with Crippen LogP contribution in [0.5, 0.6) is 5.75 Å². The van der Waals surface area contributed by atoms with E-state index in [9.17, 15) is 9.90 Å². The van der Waals surface area contributed by atoms with Crippen LogP contribution in [0.1, 0.15) is 15.9 Å². The van der Waals surface area contributed by atoms with Crippen LogP contribution < -0.4 is 11.1 Å². The van der Waals surface area contributed by atoms with E-state index in [1.807, 2.05) is 24.3 Å². The molecular formula is C21H18N6O2. The third-order valence-corrected chi connectivity index (χ3v) is 4.36. The number of aromatic nitrogens is 3. The average molecular weight is 386 g/mol. The van der Waals surface area contributed by atoms with Crippen LogP contribution in [0.4, 0.5) is 5.82 Å². The highest BCUT2D eigenvalue weighted by Gasteiger charge is 2.23. The van der Waals surface area contributed by atoms with Gasteiger partial charge in [-0.3, -0.25) is 4.79 Å². The second kappa shape index (κ2) is 7.43. The molecule has 4 N–H and O–H groups in total. The summed E-state index contributed by atoms with van der Waals surface area (Å²) in [6.45, 7) is 3.89. The molecule has 29 heavy (non-hydrogen) atoms. The smallest absolute Gasteiger partial charge is 0.257 e. The number of phenols is 1. The molecule has 2 heterocycles. The predicted octanol–water partition coefficient (Wildman–Crippen LogP) is 2.67. The van der Waals surface area contributed by atoms with E-state index in [4.69, 9.17) is 5.73 Å². The number of amides is 1. The van der Waals surface area contributed by atoms with Crippen molar-refractivity contribution in [2.24, 2.45) is 5.10 Å². The van der Waals surface area contributed by atoms with E-state index < -0.39 is 5.91 Å². The van der Waals surface area contributed by atoms with Crippen LogP contribution in [-0.2, 0) is 0 Å². The molecule has 0 fully saturated rings. The largest absolute Gasteiger partial charge is 0.507 e. The number of nitrogens with two attached hydrogens (primary N) is 1. The Kier molecular flexibility index (Phi) is 4.66. The topological polar surface area (TPSA) is 118 Å². The van der Waals surface area contributed by atoms with Crippen LogP contribution in [0.2, 0.25) is 0 Å². The lowest BCUT2D eigenvalue weighted by molar-refractivity contribution is 0.0960. The number of hydrogen-bond donors (Lipinski definition) is 3. The van der Waals surface area contributed by atoms with Gasteiger partial charge in [0, 0.05) is 12.1 Å². The van der Waals surface area contributed by atoms with Crippen molar-refractivity contribution in [2.75, 3.05) is 12.3 Å². The third-order valence-electron chi connectivity index (χ3n) is 4.36. The number of nitrogens with one attached hydrogen (secondary N) is 1. The van der Waals surface area contributed by atoms with Crippen molar-refractivity contribution < 1.29 is 9.90 Å². The van der Waals surface area contributed by atoms with Gasteiger partial charge < -0.3 is 16.2 Å². The van der Waals surface area contributed by atoms with Gasteiger partial charge in [0.25, 0.3) is 5.91 Å². The Bertz CT molecular complexity index is 1280. The summed E-state index contributed by atoms with van der Waals surface area (Å²) in [6, 6.07) is 14.1. The molecule has 0 aliphatic rings. The molecular weight excluding hydrogens is 368 g/mol. The van der Waals surface area contributed by atoms with Gasteiger partial charge in [-0.05, 0) is 24.3 Å². The Balaban J connectivity index is 1.94. The summed E-state index contributed by atoms with van der Waals surface area (Å²) in [4.78, 5) is 21.9. The molecule has 0 saturated heterocycles. The molecule has 0 atom stereocenters. The van der Waals surface area contributed by atoms with E-state index in [1.54, 1.807) is 30.3 Å². The fraction of sp³-hybridized carbons (Fsp3) is 0.0476. The van der Waals surface area contributed by atoms with E-state index in [0.717, 1.165) is 0 Å². The van der Waals surface area contributed by atoms with Crippen molar-refractivity contribution in [3.63, 3.8) is 0 Å². The second-order valence-electron chi connectivity index (χ2n) is 6.26. The minimum atomic E-state index is -0.395. The fourth-order valence-corrected chi connectivity index (χ4v) is 2.96. The molecule has 4 rings (SSSR count). The Hall–Kier alpha value is -4.20. The molecule has 0 bridgehead atoms. The highest BCUT2D eigenvalue weighted by atomic mass is 16.3. The first-order chi connectivity index (χ1) is 14.1. The minimum Gasteiger partial charge on any atom is -0.507 e. The third kappa shape index (κ3) is 3.27. The van der Waals surface area contributed by atoms with Gasteiger partial charge in [-0.25, -0.2) is 9.97 Å². The first-order valence-electron chi connectivity index (χ1n) is 8.88. The number of rotatable bonds is 5. The first-order valence-corrected chi connectivity index (χ1v) is 8.88. The van der Waals surface area contributed by atoms with E-state index in [0.29, 0.717) is 27.8 Å². The molecule has 0 aliphatic carbocycles. The van der Waals surface area contributed by atoms with Crippen molar-refractivity contribution in [3.8, 4) is 5.75 Å². The summed E-state index contributed by atoms with van der Waals surface area (Å²) >= 11 is 0. The van der Waals surface area contributed by atoms with Gasteiger partial charge in [-0.2, -0.15) is 9.78 Å². The molecule has 2 aromatic heterocycles.